The Morgan fingerprint density at radius 3 is 2.38 bits per heavy atom. The standard InChI is InChI=1S/C30H39N5O11S2/c1-5-47-25(27(39)33(29(31)42)14(2)12-36)20-10-19(11-32(20)30(43)46-13-17-6-8-18(9-7-17)35(44)45)48-24-15(3)22-21(16(4)37)26(38)34(22)23(24)28(40)41/h6-9,14-16,19-22,25,36-37H,5,10-13H2,1-4H3,(H2,31,42)(H,40,41)/t14?,15-,16-,19+,20+,21-,22-,25?/m1/s1. The molecule has 48 heavy (non-hydrogen) atoms. The van der Waals surface area contributed by atoms with E-state index in [-0.39, 0.29) is 31.0 Å². The highest BCUT2D eigenvalue weighted by Gasteiger charge is 2.60. The summed E-state index contributed by atoms with van der Waals surface area (Å²) >= 11 is 2.35. The summed E-state index contributed by atoms with van der Waals surface area (Å²) in [4.78, 5) is 79.3. The Balaban J connectivity index is 1.65. The van der Waals surface area contributed by atoms with Crippen LogP contribution in [0.2, 0.25) is 0 Å². The number of carboxylic acid groups (broad SMARTS) is 1. The van der Waals surface area contributed by atoms with Crippen LogP contribution in [-0.4, -0.2) is 118 Å². The molecule has 4 rings (SSSR count). The van der Waals surface area contributed by atoms with Crippen LogP contribution in [0, 0.1) is 22.0 Å². The SMILES string of the molecule is CCSC(C(=O)N(C(N)=O)C(C)CO)[C@@H]1C[C@H](SC2=C(C(=O)O)N3C(=O)[C@H]([C@@H](C)O)[C@H]3[C@H]2C)CN1C(=O)OCc1ccc([N+](=O)[O-])cc1. The monoisotopic (exact) mass is 709 g/mol. The first-order chi connectivity index (χ1) is 22.6. The third kappa shape index (κ3) is 7.11. The summed E-state index contributed by atoms with van der Waals surface area (Å²) in [5, 5.41) is 39.6. The predicted molar refractivity (Wildman–Crippen MR) is 174 cm³/mol. The first-order valence-corrected chi connectivity index (χ1v) is 17.2. The number of fused-ring (bicyclic) bond motifs is 1. The summed E-state index contributed by atoms with van der Waals surface area (Å²) in [6.45, 7) is 5.73. The minimum Gasteiger partial charge on any atom is -0.477 e. The number of imide groups is 1. The van der Waals surface area contributed by atoms with E-state index in [9.17, 15) is 49.4 Å². The lowest BCUT2D eigenvalue weighted by Crippen LogP contribution is -2.63. The van der Waals surface area contributed by atoms with Crippen molar-refractivity contribution in [1.29, 1.82) is 0 Å². The van der Waals surface area contributed by atoms with Gasteiger partial charge in [0.15, 0.2) is 0 Å². The zero-order valence-corrected chi connectivity index (χ0v) is 28.4. The van der Waals surface area contributed by atoms with Gasteiger partial charge in [0, 0.05) is 34.8 Å². The molecule has 8 atom stereocenters. The highest BCUT2D eigenvalue weighted by atomic mass is 32.2. The highest BCUT2D eigenvalue weighted by molar-refractivity contribution is 8.03. The first-order valence-electron chi connectivity index (χ1n) is 15.3. The minimum absolute atomic E-state index is 0.0101. The minimum atomic E-state index is -1.30. The number of nitro groups is 1. The number of aliphatic carboxylic acids is 1. The molecule has 1 aromatic carbocycles. The molecular formula is C30H39N5O11S2. The fraction of sp³-hybridized carbons (Fsp3) is 0.567. The molecule has 262 valence electrons. The van der Waals surface area contributed by atoms with Crippen LogP contribution in [0.25, 0.3) is 0 Å². The fourth-order valence-corrected chi connectivity index (χ4v) is 9.13. The summed E-state index contributed by atoms with van der Waals surface area (Å²) in [5.41, 5.74) is 5.69. The van der Waals surface area contributed by atoms with Gasteiger partial charge in [0.2, 0.25) is 11.8 Å². The van der Waals surface area contributed by atoms with E-state index in [1.165, 1.54) is 71.4 Å². The lowest BCUT2D eigenvalue weighted by atomic mass is 9.79. The number of nitrogens with two attached hydrogens (primary N) is 1. The van der Waals surface area contributed by atoms with Crippen molar-refractivity contribution in [2.45, 2.75) is 75.5 Å². The van der Waals surface area contributed by atoms with Crippen LogP contribution in [0.15, 0.2) is 34.9 Å². The molecule has 2 saturated heterocycles. The van der Waals surface area contributed by atoms with E-state index in [1.807, 2.05) is 0 Å². The molecule has 5 amide bonds. The molecule has 0 radical (unpaired) electrons. The van der Waals surface area contributed by atoms with Gasteiger partial charge in [0.05, 0.1) is 41.7 Å². The molecule has 3 aliphatic heterocycles. The number of non-ortho nitro benzene ring substituents is 1. The van der Waals surface area contributed by atoms with Crippen molar-refractivity contribution in [2.75, 3.05) is 18.9 Å². The predicted octanol–water partition coefficient (Wildman–Crippen LogP) is 1.97. The number of carbonyl (C=O) groups excluding carboxylic acids is 4. The van der Waals surface area contributed by atoms with Crippen LogP contribution in [-0.2, 0) is 25.7 Å². The van der Waals surface area contributed by atoms with E-state index < -0.39 is 88.0 Å². The summed E-state index contributed by atoms with van der Waals surface area (Å²) < 4.78 is 5.58. The molecule has 0 aliphatic carbocycles. The topological polar surface area (TPSA) is 234 Å². The van der Waals surface area contributed by atoms with Gasteiger partial charge in [0.25, 0.3) is 5.69 Å². The van der Waals surface area contributed by atoms with E-state index in [2.05, 4.69) is 0 Å². The number of nitrogens with zero attached hydrogens (tertiary/aromatic N) is 4. The Kier molecular flexibility index (Phi) is 11.6. The van der Waals surface area contributed by atoms with Crippen molar-refractivity contribution in [2.24, 2.45) is 17.6 Å². The van der Waals surface area contributed by atoms with Crippen LogP contribution in [0.1, 0.15) is 39.7 Å². The number of urea groups is 1. The number of nitro benzene ring substituents is 1. The van der Waals surface area contributed by atoms with Crippen LogP contribution in [0.5, 0.6) is 0 Å². The first kappa shape index (κ1) is 37.0. The summed E-state index contributed by atoms with van der Waals surface area (Å²) in [6.07, 6.45) is -1.62. The van der Waals surface area contributed by atoms with Crippen molar-refractivity contribution in [3.05, 3.63) is 50.5 Å². The molecule has 2 fully saturated rings. The van der Waals surface area contributed by atoms with Crippen molar-refractivity contribution in [3.63, 3.8) is 0 Å². The molecule has 2 unspecified atom stereocenters. The van der Waals surface area contributed by atoms with Gasteiger partial charge in [-0.15, -0.1) is 23.5 Å². The number of hydrogen-bond donors (Lipinski definition) is 4. The Labute approximate surface area is 284 Å². The molecule has 0 aromatic heterocycles. The number of carbonyl (C=O) groups is 5. The highest BCUT2D eigenvalue weighted by Crippen LogP contribution is 2.52. The number of aliphatic hydroxyl groups excluding tert-OH is 2. The Bertz CT molecular complexity index is 1490. The van der Waals surface area contributed by atoms with Crippen LogP contribution >= 0.6 is 23.5 Å². The van der Waals surface area contributed by atoms with E-state index in [1.54, 1.807) is 13.8 Å². The number of carboxylic acids is 1. The zero-order valence-electron chi connectivity index (χ0n) is 26.8. The number of primary amides is 1. The number of benzene rings is 1. The number of ether oxygens (including phenoxy) is 1. The van der Waals surface area contributed by atoms with Gasteiger partial charge in [-0.1, -0.05) is 13.8 Å². The summed E-state index contributed by atoms with van der Waals surface area (Å²) in [7, 11) is 0. The fourth-order valence-electron chi connectivity index (χ4n) is 6.50. The largest absolute Gasteiger partial charge is 0.477 e. The second-order valence-electron chi connectivity index (χ2n) is 11.9. The van der Waals surface area contributed by atoms with Crippen LogP contribution in [0.4, 0.5) is 15.3 Å². The van der Waals surface area contributed by atoms with Gasteiger partial charge in [-0.3, -0.25) is 24.6 Å². The molecule has 16 nitrogen and oxygen atoms in total. The summed E-state index contributed by atoms with van der Waals surface area (Å²) in [6, 6.07) is 2.01. The molecular weight excluding hydrogens is 670 g/mol. The van der Waals surface area contributed by atoms with Crippen molar-refractivity contribution < 1.29 is 49.0 Å². The average Bonchev–Trinajstić information content (AvgIpc) is 3.55. The number of likely N-dealkylation sites (tertiary alicyclic amines) is 1. The number of amides is 5. The number of rotatable bonds is 13. The maximum atomic E-state index is 13.9. The second-order valence-corrected chi connectivity index (χ2v) is 14.7. The van der Waals surface area contributed by atoms with E-state index >= 15 is 0 Å². The smallest absolute Gasteiger partial charge is 0.410 e. The van der Waals surface area contributed by atoms with Crippen molar-refractivity contribution in [3.8, 4) is 0 Å². The Hall–Kier alpha value is -3.87. The third-order valence-corrected chi connectivity index (χ3v) is 11.5. The normalized spacial score (nSPS) is 25.2. The van der Waals surface area contributed by atoms with E-state index in [4.69, 9.17) is 10.5 Å². The van der Waals surface area contributed by atoms with Gasteiger partial charge in [-0.05, 0) is 43.7 Å². The van der Waals surface area contributed by atoms with E-state index in [0.717, 1.165) is 4.90 Å². The molecule has 1 aromatic rings. The van der Waals surface area contributed by atoms with Gasteiger partial charge in [-0.25, -0.2) is 14.4 Å². The maximum absolute atomic E-state index is 13.9. The van der Waals surface area contributed by atoms with Gasteiger partial charge in [0.1, 0.15) is 17.6 Å². The molecule has 3 heterocycles. The maximum Gasteiger partial charge on any atom is 0.410 e. The summed E-state index contributed by atoms with van der Waals surface area (Å²) in [5.74, 6) is -3.28. The lowest BCUT2D eigenvalue weighted by molar-refractivity contribution is -0.384. The molecule has 0 bridgehead atoms. The average molecular weight is 710 g/mol. The van der Waals surface area contributed by atoms with Crippen molar-refractivity contribution in [1.82, 2.24) is 14.7 Å². The number of hydrogen-bond acceptors (Lipinski definition) is 12. The van der Waals surface area contributed by atoms with Crippen LogP contribution in [0.3, 0.4) is 0 Å². The molecule has 18 heteroatoms. The van der Waals surface area contributed by atoms with Gasteiger partial charge < -0.3 is 35.6 Å². The van der Waals surface area contributed by atoms with Crippen molar-refractivity contribution >= 4 is 59.1 Å². The zero-order chi connectivity index (χ0) is 35.6. The number of thioether (sulfide) groups is 2. The number of β-lactam (4-membered cyclic amide) rings is 1. The second kappa shape index (κ2) is 15.1. The lowest BCUT2D eigenvalue weighted by Gasteiger charge is -2.46. The van der Waals surface area contributed by atoms with Gasteiger partial charge >= 0.3 is 18.1 Å². The quantitative estimate of drug-likeness (QED) is 0.130. The molecule has 0 saturated carbocycles. The van der Waals surface area contributed by atoms with E-state index in [0.29, 0.717) is 16.2 Å². The van der Waals surface area contributed by atoms with Crippen LogP contribution < -0.4 is 5.73 Å². The Morgan fingerprint density at radius 1 is 1.21 bits per heavy atom. The molecule has 0 spiro atoms. The third-order valence-electron chi connectivity index (χ3n) is 8.77. The molecule has 5 N–H and O–H groups in total. The molecule has 3 aliphatic rings. The van der Waals surface area contributed by atoms with Gasteiger partial charge in [-0.2, -0.15) is 0 Å². The number of aliphatic hydroxyl groups is 2. The Morgan fingerprint density at radius 2 is 1.85 bits per heavy atom.